The number of aromatic nitrogens is 2. The van der Waals surface area contributed by atoms with E-state index in [0.717, 1.165) is 18.2 Å². The van der Waals surface area contributed by atoms with Gasteiger partial charge in [-0.1, -0.05) is 32.5 Å². The Kier molecular flexibility index (Phi) is 5.55. The maximum Gasteiger partial charge on any atom is 0.323 e. The second-order valence-electron chi connectivity index (χ2n) is 4.84. The molecule has 0 aliphatic rings. The summed E-state index contributed by atoms with van der Waals surface area (Å²) in [7, 11) is 0. The smallest absolute Gasteiger partial charge is 0.323 e. The van der Waals surface area contributed by atoms with Crippen molar-refractivity contribution in [3.8, 4) is 0 Å². The van der Waals surface area contributed by atoms with E-state index in [9.17, 15) is 20.0 Å². The molecule has 112 valence electrons. The first kappa shape index (κ1) is 16.5. The SMILES string of the molecule is CCCn1nc(C)c([N+](=O)[O-])c1SC(C(=O)O)C(C)C. The van der Waals surface area contributed by atoms with E-state index in [2.05, 4.69) is 5.10 Å². The summed E-state index contributed by atoms with van der Waals surface area (Å²) in [5, 5.41) is 24.2. The number of rotatable bonds is 7. The number of carbonyl (C=O) groups is 1. The molecule has 0 saturated heterocycles. The monoisotopic (exact) mass is 301 g/mol. The first-order valence-corrected chi connectivity index (χ1v) is 7.28. The van der Waals surface area contributed by atoms with E-state index in [0.29, 0.717) is 17.3 Å². The van der Waals surface area contributed by atoms with Gasteiger partial charge in [0.2, 0.25) is 0 Å². The number of nitro groups is 1. The molecule has 1 unspecified atom stereocenters. The molecule has 1 N–H and O–H groups in total. The van der Waals surface area contributed by atoms with Gasteiger partial charge in [-0.25, -0.2) is 0 Å². The zero-order valence-electron chi connectivity index (χ0n) is 12.0. The van der Waals surface area contributed by atoms with Crippen LogP contribution in [0.25, 0.3) is 0 Å². The summed E-state index contributed by atoms with van der Waals surface area (Å²) in [5.41, 5.74) is 0.231. The molecule has 0 spiro atoms. The first-order chi connectivity index (χ1) is 9.29. The van der Waals surface area contributed by atoms with Gasteiger partial charge in [0.1, 0.15) is 10.9 Å². The van der Waals surface area contributed by atoms with Gasteiger partial charge in [0.15, 0.2) is 5.03 Å². The standard InChI is InChI=1S/C12H19N3O4S/c1-5-6-14-11(9(15(18)19)8(4)13-14)20-10(7(2)3)12(16)17/h7,10H,5-6H2,1-4H3,(H,16,17). The van der Waals surface area contributed by atoms with Gasteiger partial charge >= 0.3 is 11.7 Å². The Morgan fingerprint density at radius 1 is 1.55 bits per heavy atom. The molecule has 8 heteroatoms. The van der Waals surface area contributed by atoms with Crippen LogP contribution >= 0.6 is 11.8 Å². The van der Waals surface area contributed by atoms with Crippen molar-refractivity contribution < 1.29 is 14.8 Å². The first-order valence-electron chi connectivity index (χ1n) is 6.40. The molecule has 1 heterocycles. The Labute approximate surface area is 121 Å². The highest BCUT2D eigenvalue weighted by atomic mass is 32.2. The fraction of sp³-hybridized carbons (Fsp3) is 0.667. The van der Waals surface area contributed by atoms with Gasteiger partial charge < -0.3 is 5.11 Å². The van der Waals surface area contributed by atoms with Crippen molar-refractivity contribution in [2.75, 3.05) is 0 Å². The van der Waals surface area contributed by atoms with Gasteiger partial charge in [0.25, 0.3) is 0 Å². The van der Waals surface area contributed by atoms with Gasteiger partial charge in [-0.3, -0.25) is 19.6 Å². The van der Waals surface area contributed by atoms with Crippen LogP contribution in [-0.2, 0) is 11.3 Å². The van der Waals surface area contributed by atoms with Crippen molar-refractivity contribution >= 4 is 23.4 Å². The minimum absolute atomic E-state index is 0.0876. The maximum atomic E-state index is 11.3. The van der Waals surface area contributed by atoms with E-state index in [1.807, 2.05) is 6.92 Å². The topological polar surface area (TPSA) is 98.3 Å². The third-order valence-corrected chi connectivity index (χ3v) is 4.38. The lowest BCUT2D eigenvalue weighted by Gasteiger charge is -2.15. The number of carboxylic acids is 1. The van der Waals surface area contributed by atoms with Crippen LogP contribution in [0.5, 0.6) is 0 Å². The van der Waals surface area contributed by atoms with Gasteiger partial charge in [-0.05, 0) is 19.3 Å². The molecule has 1 aromatic heterocycles. The molecule has 0 aliphatic heterocycles. The van der Waals surface area contributed by atoms with Crippen LogP contribution in [0.3, 0.4) is 0 Å². The van der Waals surface area contributed by atoms with Crippen LogP contribution in [0.2, 0.25) is 0 Å². The molecule has 0 saturated carbocycles. The van der Waals surface area contributed by atoms with Gasteiger partial charge in [0.05, 0.1) is 4.92 Å². The van der Waals surface area contributed by atoms with Crippen molar-refractivity contribution in [2.24, 2.45) is 5.92 Å². The zero-order valence-corrected chi connectivity index (χ0v) is 12.8. The summed E-state index contributed by atoms with van der Waals surface area (Å²) in [4.78, 5) is 22.0. The normalized spacial score (nSPS) is 12.7. The van der Waals surface area contributed by atoms with E-state index in [1.54, 1.807) is 20.8 Å². The summed E-state index contributed by atoms with van der Waals surface area (Å²) in [5.74, 6) is -1.11. The molecule has 20 heavy (non-hydrogen) atoms. The van der Waals surface area contributed by atoms with Crippen molar-refractivity contribution in [1.82, 2.24) is 9.78 Å². The lowest BCUT2D eigenvalue weighted by Crippen LogP contribution is -2.23. The number of aryl methyl sites for hydroxylation is 2. The molecule has 0 aliphatic carbocycles. The highest BCUT2D eigenvalue weighted by Gasteiger charge is 2.32. The fourth-order valence-electron chi connectivity index (χ4n) is 1.83. The Morgan fingerprint density at radius 3 is 2.55 bits per heavy atom. The predicted molar refractivity (Wildman–Crippen MR) is 76.0 cm³/mol. The summed E-state index contributed by atoms with van der Waals surface area (Å²) in [6.45, 7) is 7.60. The van der Waals surface area contributed by atoms with E-state index in [1.165, 1.54) is 4.68 Å². The minimum Gasteiger partial charge on any atom is -0.480 e. The van der Waals surface area contributed by atoms with Crippen molar-refractivity contribution in [3.05, 3.63) is 15.8 Å². The fourth-order valence-corrected chi connectivity index (χ4v) is 3.03. The molecular formula is C12H19N3O4S. The van der Waals surface area contributed by atoms with Crippen LogP contribution in [0.15, 0.2) is 5.03 Å². The summed E-state index contributed by atoms with van der Waals surface area (Å²) < 4.78 is 1.54. The molecule has 1 aromatic rings. The highest BCUT2D eigenvalue weighted by molar-refractivity contribution is 8.00. The number of thioether (sulfide) groups is 1. The van der Waals surface area contributed by atoms with Crippen LogP contribution in [0.4, 0.5) is 5.69 Å². The summed E-state index contributed by atoms with van der Waals surface area (Å²) >= 11 is 1.01. The van der Waals surface area contributed by atoms with Crippen molar-refractivity contribution in [1.29, 1.82) is 0 Å². The molecule has 0 aromatic carbocycles. The van der Waals surface area contributed by atoms with E-state index >= 15 is 0 Å². The van der Waals surface area contributed by atoms with E-state index in [4.69, 9.17) is 0 Å². The maximum absolute atomic E-state index is 11.3. The third-order valence-electron chi connectivity index (χ3n) is 2.76. The largest absolute Gasteiger partial charge is 0.480 e. The molecule has 0 amide bonds. The average Bonchev–Trinajstić information content (AvgIpc) is 2.61. The van der Waals surface area contributed by atoms with Crippen molar-refractivity contribution in [2.45, 2.75) is 50.9 Å². The average molecular weight is 301 g/mol. The number of aliphatic carboxylic acids is 1. The quantitative estimate of drug-likeness (QED) is 0.472. The van der Waals surface area contributed by atoms with E-state index < -0.39 is 16.1 Å². The summed E-state index contributed by atoms with van der Waals surface area (Å²) in [6, 6.07) is 0. The molecule has 0 radical (unpaired) electrons. The van der Waals surface area contributed by atoms with E-state index in [-0.39, 0.29) is 11.6 Å². The third kappa shape index (κ3) is 3.50. The number of hydrogen-bond donors (Lipinski definition) is 1. The second kappa shape index (κ2) is 6.74. The highest BCUT2D eigenvalue weighted by Crippen LogP contribution is 2.37. The predicted octanol–water partition coefficient (Wildman–Crippen LogP) is 2.71. The molecule has 7 nitrogen and oxygen atoms in total. The Hall–Kier alpha value is -1.57. The lowest BCUT2D eigenvalue weighted by atomic mass is 10.1. The number of nitrogens with zero attached hydrogens (tertiary/aromatic N) is 3. The van der Waals surface area contributed by atoms with Crippen LogP contribution in [0, 0.1) is 23.0 Å². The summed E-state index contributed by atoms with van der Waals surface area (Å²) in [6.07, 6.45) is 0.769. The molecule has 0 bridgehead atoms. The van der Waals surface area contributed by atoms with Gasteiger partial charge in [-0.15, -0.1) is 0 Å². The second-order valence-corrected chi connectivity index (χ2v) is 5.97. The van der Waals surface area contributed by atoms with Gasteiger partial charge in [0, 0.05) is 6.54 Å². The van der Waals surface area contributed by atoms with Crippen LogP contribution in [0.1, 0.15) is 32.9 Å². The molecular weight excluding hydrogens is 282 g/mol. The molecule has 0 fully saturated rings. The van der Waals surface area contributed by atoms with Gasteiger partial charge in [-0.2, -0.15) is 5.10 Å². The Bertz CT molecular complexity index is 513. The lowest BCUT2D eigenvalue weighted by molar-refractivity contribution is -0.388. The minimum atomic E-state index is -0.971. The van der Waals surface area contributed by atoms with Crippen molar-refractivity contribution in [3.63, 3.8) is 0 Å². The van der Waals surface area contributed by atoms with Crippen LogP contribution < -0.4 is 0 Å². The number of carboxylic acid groups (broad SMARTS) is 1. The number of hydrogen-bond acceptors (Lipinski definition) is 5. The Morgan fingerprint density at radius 2 is 2.15 bits per heavy atom. The zero-order chi connectivity index (χ0) is 15.4. The van der Waals surface area contributed by atoms with Crippen LogP contribution in [-0.4, -0.2) is 31.0 Å². The molecule has 1 atom stereocenters. The Balaban J connectivity index is 3.25. The molecule has 1 rings (SSSR count).